The van der Waals surface area contributed by atoms with Gasteiger partial charge in [-0.25, -0.2) is 0 Å². The molecule has 3 heteroatoms. The van der Waals surface area contributed by atoms with Gasteiger partial charge in [0.15, 0.2) is 0 Å². The van der Waals surface area contributed by atoms with Crippen molar-refractivity contribution in [2.24, 2.45) is 5.92 Å². The number of nitrogens with zero attached hydrogens (tertiary/aromatic N) is 1. The van der Waals surface area contributed by atoms with Gasteiger partial charge in [-0.15, -0.1) is 0 Å². The Kier molecular flexibility index (Phi) is 3.40. The van der Waals surface area contributed by atoms with E-state index in [1.54, 1.807) is 6.92 Å². The van der Waals surface area contributed by atoms with Crippen molar-refractivity contribution in [2.75, 3.05) is 11.4 Å². The summed E-state index contributed by atoms with van der Waals surface area (Å²) in [5.74, 6) is 1.05. The number of aliphatic hydroxyl groups excluding tert-OH is 1. The first kappa shape index (κ1) is 12.8. The van der Waals surface area contributed by atoms with E-state index in [0.717, 1.165) is 18.2 Å². The fourth-order valence-electron chi connectivity index (χ4n) is 3.79. The van der Waals surface area contributed by atoms with Crippen LogP contribution in [0, 0.1) is 5.92 Å². The molecule has 3 atom stereocenters. The van der Waals surface area contributed by atoms with Gasteiger partial charge in [-0.05, 0) is 38.2 Å². The summed E-state index contributed by atoms with van der Waals surface area (Å²) in [6.45, 7) is 2.78. The lowest BCUT2D eigenvalue weighted by molar-refractivity contribution is 0.195. The molecule has 0 amide bonds. The van der Waals surface area contributed by atoms with E-state index < -0.39 is 6.10 Å². The van der Waals surface area contributed by atoms with Gasteiger partial charge < -0.3 is 15.1 Å². The van der Waals surface area contributed by atoms with Crippen molar-refractivity contribution in [1.82, 2.24) is 0 Å². The topological polar surface area (TPSA) is 43.7 Å². The molecular formula is C16H23NO2. The first-order valence-corrected chi connectivity index (χ1v) is 7.44. The molecule has 2 fully saturated rings. The standard InChI is InChI=1S/C16H23NO2/c1-11(18)14-7-6-13(10-16(14)19)17-9-8-12-4-2-3-5-15(12)17/h6-7,10-12,15,18-19H,2-5,8-9H2,1H3. The number of anilines is 1. The maximum absolute atomic E-state index is 10.0. The first-order valence-electron chi connectivity index (χ1n) is 7.44. The van der Waals surface area contributed by atoms with Crippen LogP contribution in [0.1, 0.15) is 50.7 Å². The Balaban J connectivity index is 1.84. The molecule has 3 rings (SSSR count). The lowest BCUT2D eigenvalue weighted by Gasteiger charge is -2.33. The van der Waals surface area contributed by atoms with Crippen LogP contribution < -0.4 is 4.90 Å². The summed E-state index contributed by atoms with van der Waals surface area (Å²) in [5.41, 5.74) is 1.72. The second-order valence-electron chi connectivity index (χ2n) is 6.01. The number of hydrogen-bond acceptors (Lipinski definition) is 3. The molecule has 104 valence electrons. The minimum Gasteiger partial charge on any atom is -0.507 e. The second-order valence-corrected chi connectivity index (χ2v) is 6.01. The molecule has 2 aliphatic rings. The van der Waals surface area contributed by atoms with Gasteiger partial charge in [-0.1, -0.05) is 18.9 Å². The summed E-state index contributed by atoms with van der Waals surface area (Å²) < 4.78 is 0. The summed E-state index contributed by atoms with van der Waals surface area (Å²) in [4.78, 5) is 2.45. The minimum absolute atomic E-state index is 0.215. The zero-order chi connectivity index (χ0) is 13.4. The molecule has 0 bridgehead atoms. The molecule has 1 heterocycles. The second kappa shape index (κ2) is 5.04. The van der Waals surface area contributed by atoms with Crippen LogP contribution in [0.25, 0.3) is 0 Å². The summed E-state index contributed by atoms with van der Waals surface area (Å²) in [6, 6.07) is 6.37. The van der Waals surface area contributed by atoms with Gasteiger partial charge in [0, 0.05) is 29.9 Å². The summed E-state index contributed by atoms with van der Waals surface area (Å²) in [5, 5.41) is 19.6. The van der Waals surface area contributed by atoms with Crippen LogP contribution in [0.4, 0.5) is 5.69 Å². The lowest BCUT2D eigenvalue weighted by atomic mass is 9.85. The van der Waals surface area contributed by atoms with Crippen molar-refractivity contribution in [1.29, 1.82) is 0 Å². The Morgan fingerprint density at radius 2 is 2.00 bits per heavy atom. The number of phenols is 1. The molecule has 0 aromatic heterocycles. The van der Waals surface area contributed by atoms with Crippen molar-refractivity contribution in [3.63, 3.8) is 0 Å². The quantitative estimate of drug-likeness (QED) is 0.859. The minimum atomic E-state index is -0.616. The third-order valence-electron chi connectivity index (χ3n) is 4.81. The van der Waals surface area contributed by atoms with Gasteiger partial charge in [0.25, 0.3) is 0 Å². The highest BCUT2D eigenvalue weighted by Crippen LogP contribution is 2.40. The number of aromatic hydroxyl groups is 1. The van der Waals surface area contributed by atoms with Gasteiger partial charge in [0.2, 0.25) is 0 Å². The van der Waals surface area contributed by atoms with Crippen molar-refractivity contribution >= 4 is 5.69 Å². The monoisotopic (exact) mass is 261 g/mol. The Morgan fingerprint density at radius 3 is 2.74 bits per heavy atom. The molecule has 3 nitrogen and oxygen atoms in total. The average molecular weight is 261 g/mol. The van der Waals surface area contributed by atoms with Crippen LogP contribution in [0.5, 0.6) is 5.75 Å². The van der Waals surface area contributed by atoms with Crippen LogP contribution >= 0.6 is 0 Å². The molecular weight excluding hydrogens is 238 g/mol. The molecule has 19 heavy (non-hydrogen) atoms. The van der Waals surface area contributed by atoms with Gasteiger partial charge in [-0.2, -0.15) is 0 Å². The van der Waals surface area contributed by atoms with Gasteiger partial charge in [0.1, 0.15) is 5.75 Å². The van der Waals surface area contributed by atoms with E-state index in [-0.39, 0.29) is 5.75 Å². The summed E-state index contributed by atoms with van der Waals surface area (Å²) in [7, 11) is 0. The molecule has 0 radical (unpaired) electrons. The SMILES string of the molecule is CC(O)c1ccc(N2CCC3CCCCC32)cc1O. The fourth-order valence-corrected chi connectivity index (χ4v) is 3.79. The largest absolute Gasteiger partial charge is 0.507 e. The highest BCUT2D eigenvalue weighted by Gasteiger charge is 2.35. The number of benzene rings is 1. The van der Waals surface area contributed by atoms with Crippen LogP contribution in [0.15, 0.2) is 18.2 Å². The van der Waals surface area contributed by atoms with E-state index in [4.69, 9.17) is 0 Å². The molecule has 2 N–H and O–H groups in total. The predicted octanol–water partition coefficient (Wildman–Crippen LogP) is 3.21. The van der Waals surface area contributed by atoms with Crippen LogP contribution in [0.2, 0.25) is 0 Å². The van der Waals surface area contributed by atoms with Crippen molar-refractivity contribution in [2.45, 2.75) is 51.2 Å². The van der Waals surface area contributed by atoms with Crippen molar-refractivity contribution in [3.8, 4) is 5.75 Å². The zero-order valence-corrected chi connectivity index (χ0v) is 11.5. The number of hydrogen-bond donors (Lipinski definition) is 2. The number of phenolic OH excluding ortho intramolecular Hbond substituents is 1. The summed E-state index contributed by atoms with van der Waals surface area (Å²) >= 11 is 0. The molecule has 1 saturated heterocycles. The highest BCUT2D eigenvalue weighted by atomic mass is 16.3. The normalized spacial score (nSPS) is 28.2. The smallest absolute Gasteiger partial charge is 0.123 e. The van der Waals surface area contributed by atoms with Gasteiger partial charge in [-0.3, -0.25) is 0 Å². The Morgan fingerprint density at radius 1 is 1.21 bits per heavy atom. The molecule has 1 saturated carbocycles. The van der Waals surface area contributed by atoms with Gasteiger partial charge >= 0.3 is 0 Å². The third-order valence-corrected chi connectivity index (χ3v) is 4.81. The molecule has 1 aromatic rings. The van der Waals surface area contributed by atoms with E-state index in [9.17, 15) is 10.2 Å². The summed E-state index contributed by atoms with van der Waals surface area (Å²) in [6.07, 6.45) is 6.01. The molecule has 3 unspecified atom stereocenters. The van der Waals surface area contributed by atoms with Crippen LogP contribution in [0.3, 0.4) is 0 Å². The number of aliphatic hydroxyl groups is 1. The van der Waals surface area contributed by atoms with Crippen molar-refractivity contribution in [3.05, 3.63) is 23.8 Å². The Hall–Kier alpha value is -1.22. The predicted molar refractivity (Wildman–Crippen MR) is 76.4 cm³/mol. The molecule has 1 aliphatic carbocycles. The molecule has 0 spiro atoms. The Labute approximate surface area is 114 Å². The van der Waals surface area contributed by atoms with E-state index in [0.29, 0.717) is 11.6 Å². The molecule has 1 aromatic carbocycles. The highest BCUT2D eigenvalue weighted by molar-refractivity contribution is 5.55. The fraction of sp³-hybridized carbons (Fsp3) is 0.625. The van der Waals surface area contributed by atoms with E-state index in [1.807, 2.05) is 18.2 Å². The average Bonchev–Trinajstić information content (AvgIpc) is 2.82. The lowest BCUT2D eigenvalue weighted by Crippen LogP contribution is -2.34. The van der Waals surface area contributed by atoms with Gasteiger partial charge in [0.05, 0.1) is 6.10 Å². The third kappa shape index (κ3) is 2.32. The Bertz CT molecular complexity index is 458. The molecule has 1 aliphatic heterocycles. The van der Waals surface area contributed by atoms with Crippen LogP contribution in [-0.2, 0) is 0 Å². The first-order chi connectivity index (χ1) is 9.16. The number of rotatable bonds is 2. The van der Waals surface area contributed by atoms with E-state index >= 15 is 0 Å². The zero-order valence-electron chi connectivity index (χ0n) is 11.5. The number of fused-ring (bicyclic) bond motifs is 1. The van der Waals surface area contributed by atoms with E-state index in [1.165, 1.54) is 32.1 Å². The van der Waals surface area contributed by atoms with Crippen LogP contribution in [-0.4, -0.2) is 22.8 Å². The maximum atomic E-state index is 10.0. The van der Waals surface area contributed by atoms with E-state index in [2.05, 4.69) is 4.90 Å². The maximum Gasteiger partial charge on any atom is 0.123 e. The van der Waals surface area contributed by atoms with Crippen molar-refractivity contribution < 1.29 is 10.2 Å².